The number of hydrogen-bond acceptors (Lipinski definition) is 4. The molecule has 0 saturated heterocycles. The van der Waals surface area contributed by atoms with Crippen LogP contribution in [0.25, 0.3) is 0 Å². The molecule has 2 N–H and O–H groups in total. The van der Waals surface area contributed by atoms with E-state index in [0.717, 1.165) is 16.7 Å². The van der Waals surface area contributed by atoms with Crippen molar-refractivity contribution in [2.45, 2.75) is 37.5 Å². The van der Waals surface area contributed by atoms with Crippen LogP contribution in [0.5, 0.6) is 0 Å². The molecule has 138 valence electrons. The maximum atomic E-state index is 12.3. The van der Waals surface area contributed by atoms with Crippen molar-refractivity contribution in [1.82, 2.24) is 5.32 Å². The molecule has 1 aliphatic rings. The van der Waals surface area contributed by atoms with Gasteiger partial charge in [-0.3, -0.25) is 0 Å². The lowest BCUT2D eigenvalue weighted by atomic mass is 10.1. The Kier molecular flexibility index (Phi) is 5.29. The topological polar surface area (TPSA) is 84.5 Å². The van der Waals surface area contributed by atoms with Gasteiger partial charge in [0.1, 0.15) is 0 Å². The molecule has 3 rings (SSSR count). The van der Waals surface area contributed by atoms with Gasteiger partial charge in [0.15, 0.2) is 9.84 Å². The first kappa shape index (κ1) is 18.4. The fourth-order valence-corrected chi connectivity index (χ4v) is 3.57. The third kappa shape index (κ3) is 4.23. The fourth-order valence-electron chi connectivity index (χ4n) is 2.94. The number of amides is 2. The Morgan fingerprint density at radius 3 is 2.46 bits per heavy atom. The summed E-state index contributed by atoms with van der Waals surface area (Å²) in [5.41, 5.74) is 3.81. The van der Waals surface area contributed by atoms with E-state index in [4.69, 9.17) is 4.74 Å². The number of nitrogens with one attached hydrogen (secondary N) is 2. The molecule has 0 saturated carbocycles. The molecule has 1 heterocycles. The van der Waals surface area contributed by atoms with Crippen molar-refractivity contribution in [1.29, 1.82) is 0 Å². The quantitative estimate of drug-likeness (QED) is 0.840. The van der Waals surface area contributed by atoms with Crippen molar-refractivity contribution in [2.24, 2.45) is 0 Å². The van der Waals surface area contributed by atoms with Crippen LogP contribution in [-0.4, -0.2) is 20.7 Å². The second-order valence-corrected chi connectivity index (χ2v) is 8.39. The fraction of sp³-hybridized carbons (Fsp3) is 0.316. The highest BCUT2D eigenvalue weighted by atomic mass is 32.2. The van der Waals surface area contributed by atoms with Crippen molar-refractivity contribution in [3.8, 4) is 0 Å². The highest BCUT2D eigenvalue weighted by Crippen LogP contribution is 2.24. The standard InChI is InChI=1S/C19H22N2O4S/c1-3-18(13-5-8-17(9-6-13)26(2,23)24)21-19(22)20-16-7-4-14-11-25-12-15(14)10-16/h4-10,18H,3,11-12H2,1-2H3,(H2,20,21,22). The molecule has 2 aromatic carbocycles. The highest BCUT2D eigenvalue weighted by Gasteiger charge is 2.16. The predicted octanol–water partition coefficient (Wildman–Crippen LogP) is 3.39. The maximum Gasteiger partial charge on any atom is 0.319 e. The van der Waals surface area contributed by atoms with Gasteiger partial charge in [0.05, 0.1) is 24.2 Å². The lowest BCUT2D eigenvalue weighted by molar-refractivity contribution is 0.134. The normalized spacial score (nSPS) is 14.5. The van der Waals surface area contributed by atoms with Gasteiger partial charge in [0.2, 0.25) is 0 Å². The van der Waals surface area contributed by atoms with Gasteiger partial charge in [-0.2, -0.15) is 0 Å². The molecule has 1 unspecified atom stereocenters. The number of sulfone groups is 1. The zero-order valence-corrected chi connectivity index (χ0v) is 15.6. The average molecular weight is 374 g/mol. The summed E-state index contributed by atoms with van der Waals surface area (Å²) < 4.78 is 28.5. The Balaban J connectivity index is 1.66. The van der Waals surface area contributed by atoms with Gasteiger partial charge in [-0.05, 0) is 47.4 Å². The first-order valence-electron chi connectivity index (χ1n) is 8.44. The van der Waals surface area contributed by atoms with Crippen LogP contribution in [0.1, 0.15) is 36.1 Å². The largest absolute Gasteiger partial charge is 0.372 e. The molecule has 0 fully saturated rings. The molecule has 1 atom stereocenters. The lowest BCUT2D eigenvalue weighted by Gasteiger charge is -2.18. The van der Waals surface area contributed by atoms with Crippen molar-refractivity contribution in [2.75, 3.05) is 11.6 Å². The second kappa shape index (κ2) is 7.47. The Bertz CT molecular complexity index is 908. The molecule has 0 aromatic heterocycles. The molecular weight excluding hydrogens is 352 g/mol. The van der Waals surface area contributed by atoms with Crippen LogP contribution in [0.2, 0.25) is 0 Å². The minimum atomic E-state index is -3.23. The number of anilines is 1. The minimum Gasteiger partial charge on any atom is -0.372 e. The summed E-state index contributed by atoms with van der Waals surface area (Å²) in [4.78, 5) is 12.6. The van der Waals surface area contributed by atoms with Gasteiger partial charge in [-0.25, -0.2) is 13.2 Å². The zero-order valence-electron chi connectivity index (χ0n) is 14.8. The maximum absolute atomic E-state index is 12.3. The number of carbonyl (C=O) groups is 1. The lowest BCUT2D eigenvalue weighted by Crippen LogP contribution is -2.32. The van der Waals surface area contributed by atoms with E-state index in [2.05, 4.69) is 10.6 Å². The summed E-state index contributed by atoms with van der Waals surface area (Å²) >= 11 is 0. The van der Waals surface area contributed by atoms with Gasteiger partial charge in [0, 0.05) is 11.9 Å². The van der Waals surface area contributed by atoms with Gasteiger partial charge < -0.3 is 15.4 Å². The van der Waals surface area contributed by atoms with Crippen molar-refractivity contribution in [3.63, 3.8) is 0 Å². The van der Waals surface area contributed by atoms with E-state index in [0.29, 0.717) is 25.3 Å². The monoisotopic (exact) mass is 374 g/mol. The summed E-state index contributed by atoms with van der Waals surface area (Å²) in [6, 6.07) is 11.8. The van der Waals surface area contributed by atoms with E-state index >= 15 is 0 Å². The molecule has 7 heteroatoms. The summed E-state index contributed by atoms with van der Waals surface area (Å²) in [5, 5.41) is 5.77. The molecule has 0 radical (unpaired) electrons. The predicted molar refractivity (Wildman–Crippen MR) is 99.7 cm³/mol. The first-order chi connectivity index (χ1) is 12.4. The smallest absolute Gasteiger partial charge is 0.319 e. The molecule has 0 spiro atoms. The molecular formula is C19H22N2O4S. The third-order valence-corrected chi connectivity index (χ3v) is 5.53. The molecule has 6 nitrogen and oxygen atoms in total. The van der Waals surface area contributed by atoms with E-state index in [-0.39, 0.29) is 17.0 Å². The number of carbonyl (C=O) groups excluding carboxylic acids is 1. The van der Waals surface area contributed by atoms with Crippen LogP contribution in [0.4, 0.5) is 10.5 Å². The zero-order chi connectivity index (χ0) is 18.7. The van der Waals surface area contributed by atoms with Crippen LogP contribution >= 0.6 is 0 Å². The van der Waals surface area contributed by atoms with Crippen LogP contribution < -0.4 is 10.6 Å². The Hall–Kier alpha value is -2.38. The van der Waals surface area contributed by atoms with Gasteiger partial charge in [-0.15, -0.1) is 0 Å². The van der Waals surface area contributed by atoms with Crippen LogP contribution in [0, 0.1) is 0 Å². The van der Waals surface area contributed by atoms with Gasteiger partial charge in [0.25, 0.3) is 0 Å². The number of rotatable bonds is 5. The van der Waals surface area contributed by atoms with E-state index in [1.54, 1.807) is 24.3 Å². The van der Waals surface area contributed by atoms with Crippen molar-refractivity contribution < 1.29 is 17.9 Å². The molecule has 0 aliphatic carbocycles. The molecule has 2 amide bonds. The van der Waals surface area contributed by atoms with Crippen LogP contribution in [0.15, 0.2) is 47.4 Å². The van der Waals surface area contributed by atoms with Crippen LogP contribution in [-0.2, 0) is 27.8 Å². The molecule has 26 heavy (non-hydrogen) atoms. The number of hydrogen-bond donors (Lipinski definition) is 2. The average Bonchev–Trinajstić information content (AvgIpc) is 3.07. The summed E-state index contributed by atoms with van der Waals surface area (Å²) in [7, 11) is -3.23. The number of fused-ring (bicyclic) bond motifs is 1. The van der Waals surface area contributed by atoms with E-state index in [9.17, 15) is 13.2 Å². The summed E-state index contributed by atoms with van der Waals surface area (Å²) in [5.74, 6) is 0. The first-order valence-corrected chi connectivity index (χ1v) is 10.3. The third-order valence-electron chi connectivity index (χ3n) is 4.40. The SMILES string of the molecule is CCC(NC(=O)Nc1ccc2c(c1)COC2)c1ccc(S(C)(=O)=O)cc1. The Morgan fingerprint density at radius 2 is 1.81 bits per heavy atom. The van der Waals surface area contributed by atoms with Crippen molar-refractivity contribution in [3.05, 3.63) is 59.2 Å². The van der Waals surface area contributed by atoms with Gasteiger partial charge in [-0.1, -0.05) is 25.1 Å². The van der Waals surface area contributed by atoms with E-state index in [1.807, 2.05) is 25.1 Å². The van der Waals surface area contributed by atoms with Crippen molar-refractivity contribution >= 4 is 21.6 Å². The molecule has 0 bridgehead atoms. The Morgan fingerprint density at radius 1 is 1.12 bits per heavy atom. The minimum absolute atomic E-state index is 0.207. The number of benzene rings is 2. The summed E-state index contributed by atoms with van der Waals surface area (Å²) in [6.45, 7) is 3.14. The summed E-state index contributed by atoms with van der Waals surface area (Å²) in [6.07, 6.45) is 1.86. The number of urea groups is 1. The highest BCUT2D eigenvalue weighted by molar-refractivity contribution is 7.90. The van der Waals surface area contributed by atoms with Crippen LogP contribution in [0.3, 0.4) is 0 Å². The Labute approximate surface area is 153 Å². The van der Waals surface area contributed by atoms with Gasteiger partial charge >= 0.3 is 6.03 Å². The second-order valence-electron chi connectivity index (χ2n) is 6.38. The number of ether oxygens (including phenoxy) is 1. The molecule has 1 aliphatic heterocycles. The molecule has 2 aromatic rings. The van der Waals surface area contributed by atoms with E-state index in [1.165, 1.54) is 6.26 Å². The van der Waals surface area contributed by atoms with E-state index < -0.39 is 9.84 Å².